The van der Waals surface area contributed by atoms with Gasteiger partial charge < -0.3 is 15.2 Å². The highest BCUT2D eigenvalue weighted by atomic mass is 16.6. The van der Waals surface area contributed by atoms with Crippen LogP contribution in [0.3, 0.4) is 0 Å². The van der Waals surface area contributed by atoms with Gasteiger partial charge in [0.2, 0.25) is 11.8 Å². The molecule has 2 N–H and O–H groups in total. The molecule has 1 heterocycles. The topological polar surface area (TPSA) is 118 Å². The predicted molar refractivity (Wildman–Crippen MR) is 61.2 cm³/mol. The summed E-state index contributed by atoms with van der Waals surface area (Å²) in [4.78, 5) is 24.7. The van der Waals surface area contributed by atoms with Crippen molar-refractivity contribution in [2.75, 3.05) is 20.3 Å². The van der Waals surface area contributed by atoms with Gasteiger partial charge in [0.05, 0.1) is 18.0 Å². The van der Waals surface area contributed by atoms with Crippen molar-refractivity contribution in [3.05, 3.63) is 27.9 Å². The molecule has 0 fully saturated rings. The number of methoxy groups -OCH3 is 1. The minimum atomic E-state index is -0.617. The summed E-state index contributed by atoms with van der Waals surface area (Å²) < 4.78 is 10.0. The molecule has 0 spiro atoms. The fraction of sp³-hybridized carbons (Fsp3) is 0.400. The molecule has 0 aliphatic heterocycles. The zero-order valence-corrected chi connectivity index (χ0v) is 9.79. The van der Waals surface area contributed by atoms with Gasteiger partial charge in [-0.2, -0.15) is 0 Å². The van der Waals surface area contributed by atoms with Crippen LogP contribution in [0.5, 0.6) is 5.88 Å². The predicted octanol–water partition coefficient (Wildman–Crippen LogP) is 0.0428. The Hall–Kier alpha value is -2.22. The molecule has 0 radical (unpaired) electrons. The Bertz CT molecular complexity index is 449. The molecule has 0 saturated heterocycles. The molecule has 1 amide bonds. The lowest BCUT2D eigenvalue weighted by Gasteiger charge is -2.08. The highest BCUT2D eigenvalue weighted by Crippen LogP contribution is 2.21. The minimum absolute atomic E-state index is 0.149. The number of rotatable bonds is 7. The Balaban J connectivity index is 2.93. The lowest BCUT2D eigenvalue weighted by Crippen LogP contribution is -2.16. The summed E-state index contributed by atoms with van der Waals surface area (Å²) in [5.41, 5.74) is 5.13. The van der Waals surface area contributed by atoms with Crippen molar-refractivity contribution in [2.24, 2.45) is 5.73 Å². The molecule has 0 bridgehead atoms. The molecule has 0 aromatic carbocycles. The van der Waals surface area contributed by atoms with Crippen molar-refractivity contribution in [3.8, 4) is 5.88 Å². The third-order valence-corrected chi connectivity index (χ3v) is 2.01. The highest BCUT2D eigenvalue weighted by Gasteiger charge is 2.15. The maximum absolute atomic E-state index is 10.9. The first-order valence-electron chi connectivity index (χ1n) is 5.08. The lowest BCUT2D eigenvalue weighted by atomic mass is 10.2. The summed E-state index contributed by atoms with van der Waals surface area (Å²) in [5.74, 6) is -0.467. The van der Waals surface area contributed by atoms with Gasteiger partial charge in [-0.1, -0.05) is 0 Å². The van der Waals surface area contributed by atoms with E-state index in [4.69, 9.17) is 15.2 Å². The van der Waals surface area contributed by atoms with Crippen LogP contribution in [0.25, 0.3) is 0 Å². The molecule has 8 nitrogen and oxygen atoms in total. The Kier molecular flexibility index (Phi) is 5.00. The van der Waals surface area contributed by atoms with E-state index in [2.05, 4.69) is 4.98 Å². The molecule has 1 aromatic rings. The quantitative estimate of drug-likeness (QED) is 0.417. The Morgan fingerprint density at radius 1 is 1.56 bits per heavy atom. The summed E-state index contributed by atoms with van der Waals surface area (Å²) in [6.45, 7) is 0.571. The molecule has 0 aliphatic rings. The van der Waals surface area contributed by atoms with Gasteiger partial charge in [0.15, 0.2) is 0 Å². The molecule has 0 atom stereocenters. The number of hydrogen-bond acceptors (Lipinski definition) is 6. The second-order valence-corrected chi connectivity index (χ2v) is 3.40. The van der Waals surface area contributed by atoms with Gasteiger partial charge in [-0.25, -0.2) is 4.98 Å². The summed E-state index contributed by atoms with van der Waals surface area (Å²) in [7, 11) is 1.51. The second kappa shape index (κ2) is 6.50. The van der Waals surface area contributed by atoms with Crippen LogP contribution >= 0.6 is 0 Å². The average molecular weight is 255 g/mol. The molecule has 0 aliphatic carbocycles. The SMILES string of the molecule is COCCOc1ncc([N+](=O)[O-])cc1CC(N)=O. The number of nitrogens with zero attached hydrogens (tertiary/aromatic N) is 2. The molecule has 18 heavy (non-hydrogen) atoms. The molecule has 0 saturated carbocycles. The number of ether oxygens (including phenoxy) is 2. The van der Waals surface area contributed by atoms with Crippen molar-refractivity contribution in [1.29, 1.82) is 0 Å². The molecule has 1 rings (SSSR count). The smallest absolute Gasteiger partial charge is 0.288 e. The van der Waals surface area contributed by atoms with Crippen molar-refractivity contribution >= 4 is 11.6 Å². The van der Waals surface area contributed by atoms with Gasteiger partial charge in [-0.15, -0.1) is 0 Å². The minimum Gasteiger partial charge on any atom is -0.475 e. The molecular weight excluding hydrogens is 242 g/mol. The third kappa shape index (κ3) is 3.98. The van der Waals surface area contributed by atoms with Gasteiger partial charge in [0.25, 0.3) is 5.69 Å². The Morgan fingerprint density at radius 3 is 2.83 bits per heavy atom. The second-order valence-electron chi connectivity index (χ2n) is 3.40. The van der Waals surface area contributed by atoms with Crippen LogP contribution in [0.4, 0.5) is 5.69 Å². The zero-order chi connectivity index (χ0) is 13.5. The summed E-state index contributed by atoms with van der Waals surface area (Å²) in [6, 6.07) is 1.22. The number of aromatic nitrogens is 1. The molecular formula is C10H13N3O5. The van der Waals surface area contributed by atoms with Crippen LogP contribution in [0, 0.1) is 10.1 Å². The molecule has 98 valence electrons. The number of pyridine rings is 1. The van der Waals surface area contributed by atoms with Gasteiger partial charge in [-0.05, 0) is 0 Å². The van der Waals surface area contributed by atoms with Crippen molar-refractivity contribution in [2.45, 2.75) is 6.42 Å². The first-order valence-corrected chi connectivity index (χ1v) is 5.08. The molecule has 0 unspecified atom stereocenters. The van der Waals surface area contributed by atoms with E-state index in [1.807, 2.05) is 0 Å². The summed E-state index contributed by atoms with van der Waals surface area (Å²) in [5, 5.41) is 10.6. The normalized spacial score (nSPS) is 10.1. The van der Waals surface area contributed by atoms with Crippen LogP contribution in [0.2, 0.25) is 0 Å². The first-order chi connectivity index (χ1) is 8.54. The Morgan fingerprint density at radius 2 is 2.28 bits per heavy atom. The Labute approximate surface area is 103 Å². The van der Waals surface area contributed by atoms with Crippen LogP contribution in [0.1, 0.15) is 5.56 Å². The number of carbonyl (C=O) groups is 1. The highest BCUT2D eigenvalue weighted by molar-refractivity contribution is 5.77. The van der Waals surface area contributed by atoms with Crippen molar-refractivity contribution < 1.29 is 19.2 Å². The zero-order valence-electron chi connectivity index (χ0n) is 9.79. The third-order valence-electron chi connectivity index (χ3n) is 2.01. The number of amides is 1. The fourth-order valence-corrected chi connectivity index (χ4v) is 1.25. The number of hydrogen-bond donors (Lipinski definition) is 1. The van der Waals surface area contributed by atoms with Crippen LogP contribution in [0.15, 0.2) is 12.3 Å². The largest absolute Gasteiger partial charge is 0.475 e. The monoisotopic (exact) mass is 255 g/mol. The standard InChI is InChI=1S/C10H13N3O5/c1-17-2-3-18-10-7(5-9(11)14)4-8(6-12-10)13(15)16/h4,6H,2-3,5H2,1H3,(H2,11,14). The van der Waals surface area contributed by atoms with Crippen molar-refractivity contribution in [1.82, 2.24) is 4.98 Å². The van der Waals surface area contributed by atoms with Gasteiger partial charge in [0, 0.05) is 18.7 Å². The average Bonchev–Trinajstić information content (AvgIpc) is 2.30. The van der Waals surface area contributed by atoms with E-state index in [9.17, 15) is 14.9 Å². The van der Waals surface area contributed by atoms with Crippen LogP contribution in [-0.2, 0) is 16.0 Å². The van der Waals surface area contributed by atoms with E-state index in [-0.39, 0.29) is 30.2 Å². The summed E-state index contributed by atoms with van der Waals surface area (Å²) in [6.07, 6.45) is 0.892. The van der Waals surface area contributed by atoms with E-state index in [0.717, 1.165) is 6.20 Å². The summed E-state index contributed by atoms with van der Waals surface area (Å²) >= 11 is 0. The van der Waals surface area contributed by atoms with Gasteiger partial charge in [0.1, 0.15) is 12.8 Å². The van der Waals surface area contributed by atoms with Gasteiger partial charge in [-0.3, -0.25) is 14.9 Å². The van der Waals surface area contributed by atoms with E-state index in [0.29, 0.717) is 6.61 Å². The van der Waals surface area contributed by atoms with E-state index in [1.54, 1.807) is 0 Å². The number of nitrogens with two attached hydrogens (primary N) is 1. The van der Waals surface area contributed by atoms with Gasteiger partial charge >= 0.3 is 0 Å². The maximum Gasteiger partial charge on any atom is 0.288 e. The first kappa shape index (κ1) is 13.8. The molecule has 1 aromatic heterocycles. The lowest BCUT2D eigenvalue weighted by molar-refractivity contribution is -0.385. The van der Waals surface area contributed by atoms with Crippen LogP contribution < -0.4 is 10.5 Å². The van der Waals surface area contributed by atoms with E-state index < -0.39 is 10.8 Å². The van der Waals surface area contributed by atoms with E-state index >= 15 is 0 Å². The molecule has 8 heteroatoms. The number of nitro groups is 1. The van der Waals surface area contributed by atoms with Crippen LogP contribution in [-0.4, -0.2) is 36.1 Å². The van der Waals surface area contributed by atoms with E-state index in [1.165, 1.54) is 13.2 Å². The fourth-order valence-electron chi connectivity index (χ4n) is 1.25. The van der Waals surface area contributed by atoms with Crippen molar-refractivity contribution in [3.63, 3.8) is 0 Å². The maximum atomic E-state index is 10.9. The number of primary amides is 1. The number of carbonyl (C=O) groups excluding carboxylic acids is 1.